The van der Waals surface area contributed by atoms with Crippen molar-refractivity contribution in [3.05, 3.63) is 60.1 Å². The number of nitrogens with one attached hydrogen (secondary N) is 1. The maximum absolute atomic E-state index is 13.5. The van der Waals surface area contributed by atoms with Gasteiger partial charge >= 0.3 is 0 Å². The fraction of sp³-hybridized carbons (Fsp3) is 0.280. The zero-order valence-corrected chi connectivity index (χ0v) is 20.2. The van der Waals surface area contributed by atoms with Crippen LogP contribution >= 0.6 is 23.1 Å². The van der Waals surface area contributed by atoms with Crippen molar-refractivity contribution >= 4 is 40.5 Å². The fourth-order valence-corrected chi connectivity index (χ4v) is 6.22. The summed E-state index contributed by atoms with van der Waals surface area (Å²) in [6, 6.07) is 15.6. The van der Waals surface area contributed by atoms with E-state index < -0.39 is 0 Å². The Kier molecular flexibility index (Phi) is 5.80. The van der Waals surface area contributed by atoms with Gasteiger partial charge in [0.2, 0.25) is 5.91 Å². The Hall–Kier alpha value is -3.17. The Morgan fingerprint density at radius 2 is 1.94 bits per heavy atom. The number of imidazole rings is 1. The number of carbonyl (C=O) groups is 1. The van der Waals surface area contributed by atoms with Crippen molar-refractivity contribution in [1.82, 2.24) is 19.7 Å². The Labute approximate surface area is 206 Å². The molecule has 1 atom stereocenters. The number of nitrogens with zero attached hydrogens (tertiary/aromatic N) is 5. The third-order valence-electron chi connectivity index (χ3n) is 6.29. The summed E-state index contributed by atoms with van der Waals surface area (Å²) in [5.74, 6) is 1.80. The summed E-state index contributed by atoms with van der Waals surface area (Å²) in [7, 11) is 0. The first-order valence-electron chi connectivity index (χ1n) is 11.5. The summed E-state index contributed by atoms with van der Waals surface area (Å²) < 4.78 is 2.18. The van der Waals surface area contributed by atoms with Crippen molar-refractivity contribution in [2.75, 3.05) is 22.5 Å². The van der Waals surface area contributed by atoms with E-state index >= 15 is 0 Å². The third-order valence-corrected chi connectivity index (χ3v) is 8.15. The van der Waals surface area contributed by atoms with Crippen LogP contribution in [0.3, 0.4) is 0 Å². The Balaban J connectivity index is 1.23. The molecule has 1 fully saturated rings. The predicted molar refractivity (Wildman–Crippen MR) is 137 cm³/mol. The van der Waals surface area contributed by atoms with E-state index in [2.05, 4.69) is 31.2 Å². The molecule has 2 aliphatic rings. The van der Waals surface area contributed by atoms with Crippen LogP contribution in [0.4, 0.5) is 11.5 Å². The molecule has 2 aliphatic heterocycles. The number of thiophene rings is 1. The van der Waals surface area contributed by atoms with Crippen LogP contribution < -0.4 is 10.2 Å². The Bertz CT molecular complexity index is 1280. The van der Waals surface area contributed by atoms with E-state index in [1.54, 1.807) is 23.1 Å². The van der Waals surface area contributed by atoms with Gasteiger partial charge in [-0.1, -0.05) is 36.0 Å². The van der Waals surface area contributed by atoms with E-state index in [4.69, 9.17) is 4.98 Å². The monoisotopic (exact) mass is 488 g/mol. The van der Waals surface area contributed by atoms with Crippen LogP contribution in [0.2, 0.25) is 0 Å². The predicted octanol–water partition coefficient (Wildman–Crippen LogP) is 5.17. The lowest BCUT2D eigenvalue weighted by Gasteiger charge is -2.35. The fourth-order valence-electron chi connectivity index (χ4n) is 4.58. The molecule has 1 saturated heterocycles. The molecule has 5 heterocycles. The van der Waals surface area contributed by atoms with Gasteiger partial charge in [-0.25, -0.2) is 4.98 Å². The number of aromatic nitrogens is 4. The summed E-state index contributed by atoms with van der Waals surface area (Å²) in [6.45, 7) is 1.77. The molecule has 0 radical (unpaired) electrons. The number of benzene rings is 1. The highest BCUT2D eigenvalue weighted by Gasteiger charge is 2.30. The van der Waals surface area contributed by atoms with E-state index in [1.807, 2.05) is 53.9 Å². The van der Waals surface area contributed by atoms with E-state index in [-0.39, 0.29) is 11.9 Å². The molecule has 6 rings (SSSR count). The van der Waals surface area contributed by atoms with Gasteiger partial charge in [0.1, 0.15) is 11.7 Å². The van der Waals surface area contributed by atoms with Crippen molar-refractivity contribution in [2.24, 2.45) is 0 Å². The lowest BCUT2D eigenvalue weighted by molar-refractivity contribution is -0.117. The number of rotatable bonds is 5. The number of para-hydroxylation sites is 1. The first-order valence-corrected chi connectivity index (χ1v) is 13.4. The first kappa shape index (κ1) is 21.4. The molecule has 0 aliphatic carbocycles. The van der Waals surface area contributed by atoms with Gasteiger partial charge in [-0.3, -0.25) is 4.79 Å². The molecule has 4 aromatic rings. The summed E-state index contributed by atoms with van der Waals surface area (Å²) in [5, 5.41) is 15.2. The van der Waals surface area contributed by atoms with E-state index in [1.165, 1.54) is 0 Å². The van der Waals surface area contributed by atoms with E-state index in [9.17, 15) is 4.79 Å². The smallest absolute Gasteiger partial charge is 0.247 e. The minimum Gasteiger partial charge on any atom is -0.343 e. The van der Waals surface area contributed by atoms with Gasteiger partial charge in [0, 0.05) is 30.6 Å². The van der Waals surface area contributed by atoms with E-state index in [0.29, 0.717) is 0 Å². The topological polar surface area (TPSA) is 75.9 Å². The van der Waals surface area contributed by atoms with Crippen LogP contribution in [0, 0.1) is 0 Å². The summed E-state index contributed by atoms with van der Waals surface area (Å²) in [6.07, 6.45) is 4.92. The quantitative estimate of drug-likeness (QED) is 0.418. The molecule has 1 amide bonds. The van der Waals surface area contributed by atoms with Crippen molar-refractivity contribution in [3.8, 4) is 21.8 Å². The lowest BCUT2D eigenvalue weighted by Crippen LogP contribution is -2.47. The second-order valence-electron chi connectivity index (χ2n) is 8.44. The van der Waals surface area contributed by atoms with Gasteiger partial charge in [-0.2, -0.15) is 0 Å². The molecule has 3 aromatic heterocycles. The maximum Gasteiger partial charge on any atom is 0.247 e. The van der Waals surface area contributed by atoms with Crippen molar-refractivity contribution in [1.29, 1.82) is 0 Å². The average molecular weight is 489 g/mol. The number of anilines is 2. The minimum atomic E-state index is -0.286. The van der Waals surface area contributed by atoms with Crippen LogP contribution in [0.5, 0.6) is 0 Å². The molecule has 1 N–H and O–H groups in total. The molecule has 34 heavy (non-hydrogen) atoms. The minimum absolute atomic E-state index is 0.0163. The number of thioether (sulfide) groups is 1. The van der Waals surface area contributed by atoms with Crippen molar-refractivity contribution in [3.63, 3.8) is 0 Å². The molecule has 0 saturated carbocycles. The highest BCUT2D eigenvalue weighted by atomic mass is 32.2. The zero-order chi connectivity index (χ0) is 22.9. The number of hydrogen-bond donors (Lipinski definition) is 1. The Morgan fingerprint density at radius 3 is 2.76 bits per heavy atom. The lowest BCUT2D eigenvalue weighted by atomic mass is 10.0. The number of carbonyl (C=O) groups excluding carboxylic acids is 1. The van der Waals surface area contributed by atoms with Crippen LogP contribution in [-0.4, -0.2) is 44.0 Å². The number of fused-ring (bicyclic) bond motifs is 1. The van der Waals surface area contributed by atoms with Gasteiger partial charge in [-0.15, -0.1) is 21.5 Å². The maximum atomic E-state index is 13.5. The van der Waals surface area contributed by atoms with Gasteiger partial charge in [0.05, 0.1) is 16.3 Å². The first-order chi connectivity index (χ1) is 16.8. The molecule has 0 bridgehead atoms. The van der Waals surface area contributed by atoms with Gasteiger partial charge < -0.3 is 14.8 Å². The Morgan fingerprint density at radius 1 is 1.00 bits per heavy atom. The highest BCUT2D eigenvalue weighted by molar-refractivity contribution is 7.99. The SMILES string of the molecule is O=C(Nc1ccccc1-c1cn2c(n1)SCC2)C1CCCCN1c1ccc(-c2cccs2)nn1. The zero-order valence-electron chi connectivity index (χ0n) is 18.6. The summed E-state index contributed by atoms with van der Waals surface area (Å²) >= 11 is 3.41. The molecule has 1 unspecified atom stereocenters. The molecular weight excluding hydrogens is 464 g/mol. The summed E-state index contributed by atoms with van der Waals surface area (Å²) in [4.78, 5) is 21.5. The van der Waals surface area contributed by atoms with Gasteiger partial charge in [0.25, 0.3) is 0 Å². The standard InChI is InChI=1S/C25H24N6OS2/c32-24(26-18-7-2-1-6-17(18)20-16-30-13-15-34-25(30)27-20)21-8-3-4-12-31(21)23-11-10-19(28-29-23)22-9-5-14-33-22/h1-2,5-7,9-11,14,16,21H,3-4,8,12-13,15H2,(H,26,32). The molecule has 0 spiro atoms. The van der Waals surface area contributed by atoms with Crippen molar-refractivity contribution < 1.29 is 4.79 Å². The molecular formula is C25H24N6OS2. The second-order valence-corrected chi connectivity index (χ2v) is 10.5. The van der Waals surface area contributed by atoms with Gasteiger partial charge in [0.15, 0.2) is 11.0 Å². The normalized spacial score (nSPS) is 17.5. The van der Waals surface area contributed by atoms with Crippen LogP contribution in [-0.2, 0) is 11.3 Å². The third kappa shape index (κ3) is 4.10. The molecule has 172 valence electrons. The number of aryl methyl sites for hydroxylation is 1. The number of hydrogen-bond acceptors (Lipinski definition) is 7. The van der Waals surface area contributed by atoms with Crippen LogP contribution in [0.15, 0.2) is 65.3 Å². The largest absolute Gasteiger partial charge is 0.343 e. The molecule has 9 heteroatoms. The summed E-state index contributed by atoms with van der Waals surface area (Å²) in [5.41, 5.74) is 3.49. The van der Waals surface area contributed by atoms with Crippen molar-refractivity contribution in [2.45, 2.75) is 37.0 Å². The molecule has 7 nitrogen and oxygen atoms in total. The van der Waals surface area contributed by atoms with Crippen LogP contribution in [0.25, 0.3) is 21.8 Å². The average Bonchev–Trinajstić information content (AvgIpc) is 3.63. The van der Waals surface area contributed by atoms with Crippen LogP contribution in [0.1, 0.15) is 19.3 Å². The van der Waals surface area contributed by atoms with Gasteiger partial charge in [-0.05, 0) is 48.9 Å². The molecule has 1 aromatic carbocycles. The second kappa shape index (κ2) is 9.23. The highest BCUT2D eigenvalue weighted by Crippen LogP contribution is 2.33. The number of piperidine rings is 1. The number of amides is 1. The van der Waals surface area contributed by atoms with E-state index in [0.717, 1.165) is 76.6 Å².